The Balaban J connectivity index is 3.42. The van der Waals surface area contributed by atoms with Gasteiger partial charge in [0.1, 0.15) is 0 Å². The van der Waals surface area contributed by atoms with Gasteiger partial charge in [0.2, 0.25) is 0 Å². The number of aliphatic carboxylic acids is 1. The van der Waals surface area contributed by atoms with Crippen molar-refractivity contribution in [2.45, 2.75) is 302 Å². The Bertz CT molecular complexity index is 950. The molecule has 4 N–H and O–H groups in total. The summed E-state index contributed by atoms with van der Waals surface area (Å²) in [6.07, 6.45) is 62.5. The SMILES string of the molecule is CCCCCCCCCCCCCCCCOC(=O)CCCCCCC/C=C\CCCCCCCCNC(CCCCCCCC/C=C\CCCCCCCC(=O)O)C(C)N. The average molecular weight is 859 g/mol. The van der Waals surface area contributed by atoms with E-state index in [0.717, 1.165) is 51.5 Å². The number of carbonyl (C=O) groups is 2. The van der Waals surface area contributed by atoms with E-state index in [1.54, 1.807) is 0 Å². The quantitative estimate of drug-likeness (QED) is 0.0320. The second-order valence-corrected chi connectivity index (χ2v) is 18.8. The number of carboxylic acids is 1. The monoisotopic (exact) mass is 859 g/mol. The Kier molecular flexibility index (Phi) is 49.6. The summed E-state index contributed by atoms with van der Waals surface area (Å²) in [4.78, 5) is 22.6. The predicted octanol–water partition coefficient (Wildman–Crippen LogP) is 16.8. The van der Waals surface area contributed by atoms with Gasteiger partial charge in [0.25, 0.3) is 0 Å². The maximum Gasteiger partial charge on any atom is 0.305 e. The molecule has 0 heterocycles. The fourth-order valence-electron chi connectivity index (χ4n) is 8.42. The summed E-state index contributed by atoms with van der Waals surface area (Å²) in [5.74, 6) is -0.663. The Labute approximate surface area is 380 Å². The second-order valence-electron chi connectivity index (χ2n) is 18.8. The summed E-state index contributed by atoms with van der Waals surface area (Å²) in [5.41, 5.74) is 6.33. The van der Waals surface area contributed by atoms with E-state index >= 15 is 0 Å². The van der Waals surface area contributed by atoms with Gasteiger partial charge in [0.05, 0.1) is 6.61 Å². The lowest BCUT2D eigenvalue weighted by Gasteiger charge is -2.22. The van der Waals surface area contributed by atoms with Gasteiger partial charge in [-0.25, -0.2) is 0 Å². The maximum absolute atomic E-state index is 12.0. The highest BCUT2D eigenvalue weighted by Gasteiger charge is 2.12. The number of nitrogens with one attached hydrogen (secondary N) is 1. The van der Waals surface area contributed by atoms with Gasteiger partial charge in [-0.2, -0.15) is 0 Å². The summed E-state index contributed by atoms with van der Waals surface area (Å²) in [6, 6.07) is 0.665. The van der Waals surface area contributed by atoms with Crippen LogP contribution in [0.3, 0.4) is 0 Å². The number of ether oxygens (including phenoxy) is 1. The molecule has 0 aliphatic rings. The summed E-state index contributed by atoms with van der Waals surface area (Å²) in [5, 5.41) is 12.4. The number of hydrogen-bond donors (Lipinski definition) is 3. The van der Waals surface area contributed by atoms with E-state index in [4.69, 9.17) is 15.6 Å². The topological polar surface area (TPSA) is 102 Å². The van der Waals surface area contributed by atoms with Crippen molar-refractivity contribution >= 4 is 11.9 Å². The van der Waals surface area contributed by atoms with Crippen LogP contribution in [0.25, 0.3) is 0 Å². The smallest absolute Gasteiger partial charge is 0.305 e. The van der Waals surface area contributed by atoms with Gasteiger partial charge in [-0.1, -0.05) is 211 Å². The molecule has 6 heteroatoms. The fourth-order valence-corrected chi connectivity index (χ4v) is 8.42. The van der Waals surface area contributed by atoms with Crippen molar-refractivity contribution in [1.29, 1.82) is 0 Å². The zero-order valence-electron chi connectivity index (χ0n) is 41.0. The van der Waals surface area contributed by atoms with E-state index < -0.39 is 5.97 Å². The molecule has 0 amide bonds. The highest BCUT2D eigenvalue weighted by Crippen LogP contribution is 2.16. The van der Waals surface area contributed by atoms with E-state index in [2.05, 4.69) is 43.5 Å². The first-order valence-electron chi connectivity index (χ1n) is 27.1. The Morgan fingerprint density at radius 2 is 0.820 bits per heavy atom. The number of allylic oxidation sites excluding steroid dienone is 4. The normalized spacial score (nSPS) is 12.8. The van der Waals surface area contributed by atoms with Gasteiger partial charge >= 0.3 is 11.9 Å². The van der Waals surface area contributed by atoms with Crippen molar-refractivity contribution in [3.05, 3.63) is 24.3 Å². The van der Waals surface area contributed by atoms with Crippen LogP contribution in [0.2, 0.25) is 0 Å². The van der Waals surface area contributed by atoms with Gasteiger partial charge in [-0.3, -0.25) is 9.59 Å². The number of carbonyl (C=O) groups excluding carboxylic acids is 1. The van der Waals surface area contributed by atoms with Gasteiger partial charge in [0, 0.05) is 24.9 Å². The number of rotatable bonds is 51. The van der Waals surface area contributed by atoms with Gasteiger partial charge < -0.3 is 20.9 Å². The molecule has 0 aliphatic carbocycles. The van der Waals surface area contributed by atoms with Crippen LogP contribution >= 0.6 is 0 Å². The van der Waals surface area contributed by atoms with Crippen LogP contribution < -0.4 is 11.1 Å². The molecule has 0 saturated heterocycles. The average Bonchev–Trinajstić information content (AvgIpc) is 3.24. The molecule has 0 aliphatic heterocycles. The van der Waals surface area contributed by atoms with Crippen LogP contribution in [0.4, 0.5) is 0 Å². The molecule has 0 aromatic rings. The Morgan fingerprint density at radius 3 is 1.23 bits per heavy atom. The van der Waals surface area contributed by atoms with E-state index in [1.165, 1.54) is 218 Å². The molecule has 2 unspecified atom stereocenters. The van der Waals surface area contributed by atoms with E-state index in [1.807, 2.05) is 0 Å². The molecule has 6 nitrogen and oxygen atoms in total. The minimum absolute atomic E-state index is 0.00753. The predicted molar refractivity (Wildman–Crippen MR) is 267 cm³/mol. The molecular formula is C55H106N2O4. The van der Waals surface area contributed by atoms with E-state index in [-0.39, 0.29) is 12.0 Å². The summed E-state index contributed by atoms with van der Waals surface area (Å²) in [7, 11) is 0. The number of esters is 1. The number of carboxylic acid groups (broad SMARTS) is 1. The summed E-state index contributed by atoms with van der Waals surface area (Å²) in [6.45, 7) is 6.16. The Hall–Kier alpha value is -1.66. The largest absolute Gasteiger partial charge is 0.481 e. The zero-order valence-corrected chi connectivity index (χ0v) is 41.0. The Morgan fingerprint density at radius 1 is 0.475 bits per heavy atom. The molecule has 0 aromatic carbocycles. The highest BCUT2D eigenvalue weighted by atomic mass is 16.5. The van der Waals surface area contributed by atoms with Crippen LogP contribution in [0, 0.1) is 0 Å². The lowest BCUT2D eigenvalue weighted by molar-refractivity contribution is -0.144. The van der Waals surface area contributed by atoms with Crippen molar-refractivity contribution in [3.8, 4) is 0 Å². The molecule has 0 saturated carbocycles. The molecular weight excluding hydrogens is 753 g/mol. The molecule has 0 fully saturated rings. The minimum Gasteiger partial charge on any atom is -0.481 e. The summed E-state index contributed by atoms with van der Waals surface area (Å²) >= 11 is 0. The molecule has 0 radical (unpaired) electrons. The molecule has 0 rings (SSSR count). The van der Waals surface area contributed by atoms with Crippen molar-refractivity contribution in [2.24, 2.45) is 5.73 Å². The van der Waals surface area contributed by atoms with Crippen LogP contribution in [-0.4, -0.2) is 42.3 Å². The minimum atomic E-state index is -0.670. The van der Waals surface area contributed by atoms with Crippen molar-refractivity contribution in [2.75, 3.05) is 13.2 Å². The third kappa shape index (κ3) is 50.9. The number of hydrogen-bond acceptors (Lipinski definition) is 5. The number of nitrogens with two attached hydrogens (primary N) is 1. The standard InChI is InChI=1S/C55H106N2O4/c1-3-4-5-6-7-8-9-10-21-26-31-36-41-46-51-61-55(60)49-44-39-34-29-24-19-15-12-16-20-25-30-35-40-45-50-57-53(52(2)56)47-42-37-32-27-22-17-13-11-14-18-23-28-33-38-43-48-54(58)59/h11-12,14-15,52-53,57H,3-10,13,16-51,56H2,1-2H3,(H,58,59)/b14-11-,15-12-. The lowest BCUT2D eigenvalue weighted by atomic mass is 10.0. The molecule has 61 heavy (non-hydrogen) atoms. The van der Waals surface area contributed by atoms with Crippen LogP contribution in [0.5, 0.6) is 0 Å². The number of unbranched alkanes of at least 4 members (excludes halogenated alkanes) is 35. The molecule has 0 aromatic heterocycles. The molecule has 2 atom stereocenters. The highest BCUT2D eigenvalue weighted by molar-refractivity contribution is 5.69. The first kappa shape index (κ1) is 59.3. The van der Waals surface area contributed by atoms with Gasteiger partial charge in [-0.15, -0.1) is 0 Å². The first-order valence-corrected chi connectivity index (χ1v) is 27.1. The van der Waals surface area contributed by atoms with Gasteiger partial charge in [0.15, 0.2) is 0 Å². The van der Waals surface area contributed by atoms with Crippen LogP contribution in [-0.2, 0) is 14.3 Å². The van der Waals surface area contributed by atoms with Crippen molar-refractivity contribution < 1.29 is 19.4 Å². The van der Waals surface area contributed by atoms with E-state index in [9.17, 15) is 9.59 Å². The van der Waals surface area contributed by atoms with Crippen molar-refractivity contribution in [3.63, 3.8) is 0 Å². The lowest BCUT2D eigenvalue weighted by Crippen LogP contribution is -2.43. The van der Waals surface area contributed by atoms with E-state index in [0.29, 0.717) is 25.5 Å². The molecule has 0 spiro atoms. The fraction of sp³-hybridized carbons (Fsp3) is 0.891. The molecule has 360 valence electrons. The van der Waals surface area contributed by atoms with Crippen LogP contribution in [0.15, 0.2) is 24.3 Å². The first-order chi connectivity index (χ1) is 30.0. The van der Waals surface area contributed by atoms with Crippen molar-refractivity contribution in [1.82, 2.24) is 5.32 Å². The second kappa shape index (κ2) is 51.0. The van der Waals surface area contributed by atoms with Gasteiger partial charge in [-0.05, 0) is 96.9 Å². The summed E-state index contributed by atoms with van der Waals surface area (Å²) < 4.78 is 5.47. The maximum atomic E-state index is 12.0. The third-order valence-electron chi connectivity index (χ3n) is 12.6. The zero-order chi connectivity index (χ0) is 44.4. The third-order valence-corrected chi connectivity index (χ3v) is 12.6. The molecule has 0 bridgehead atoms. The van der Waals surface area contributed by atoms with Crippen LogP contribution in [0.1, 0.15) is 290 Å².